The highest BCUT2D eigenvalue weighted by atomic mass is 15.1. The van der Waals surface area contributed by atoms with Crippen LogP contribution < -0.4 is 5.32 Å². The molecule has 1 aliphatic carbocycles. The minimum atomic E-state index is 1.07. The Morgan fingerprint density at radius 2 is 2.00 bits per heavy atom. The third kappa shape index (κ3) is 3.56. The standard InChI is InChI=1S/C16H26N2/c1-3-10-18(11-9-17-2)13-14-7-8-15-5-4-6-16(15)12-14/h7-8,12,17H,3-6,9-11,13H2,1-2H3. The van der Waals surface area contributed by atoms with Gasteiger partial charge in [0.05, 0.1) is 0 Å². The van der Waals surface area contributed by atoms with Crippen LogP contribution in [0.2, 0.25) is 0 Å². The van der Waals surface area contributed by atoms with Gasteiger partial charge in [-0.2, -0.15) is 0 Å². The minimum absolute atomic E-state index is 1.07. The first-order valence-electron chi connectivity index (χ1n) is 7.31. The predicted molar refractivity (Wildman–Crippen MR) is 78.0 cm³/mol. The molecule has 0 aromatic heterocycles. The van der Waals surface area contributed by atoms with E-state index < -0.39 is 0 Å². The maximum absolute atomic E-state index is 3.24. The third-order valence-corrected chi connectivity index (χ3v) is 3.79. The van der Waals surface area contributed by atoms with Gasteiger partial charge in [-0.1, -0.05) is 25.1 Å². The van der Waals surface area contributed by atoms with Crippen molar-refractivity contribution in [3.05, 3.63) is 34.9 Å². The molecule has 2 rings (SSSR count). The fourth-order valence-electron chi connectivity index (χ4n) is 2.84. The van der Waals surface area contributed by atoms with E-state index >= 15 is 0 Å². The molecule has 0 fully saturated rings. The summed E-state index contributed by atoms with van der Waals surface area (Å²) in [7, 11) is 2.03. The Kier molecular flexibility index (Phi) is 5.21. The molecule has 1 N–H and O–H groups in total. The van der Waals surface area contributed by atoms with Crippen LogP contribution in [0.25, 0.3) is 0 Å². The van der Waals surface area contributed by atoms with Crippen LogP contribution in [0.3, 0.4) is 0 Å². The zero-order chi connectivity index (χ0) is 12.8. The van der Waals surface area contributed by atoms with Crippen molar-refractivity contribution >= 4 is 0 Å². The lowest BCUT2D eigenvalue weighted by Gasteiger charge is -2.22. The van der Waals surface area contributed by atoms with Gasteiger partial charge in [-0.3, -0.25) is 4.90 Å². The van der Waals surface area contributed by atoms with E-state index in [0.29, 0.717) is 0 Å². The molecule has 0 spiro atoms. The number of hydrogen-bond donors (Lipinski definition) is 1. The number of likely N-dealkylation sites (N-methyl/N-ethyl adjacent to an activating group) is 1. The van der Waals surface area contributed by atoms with Gasteiger partial charge in [0.1, 0.15) is 0 Å². The quantitative estimate of drug-likeness (QED) is 0.795. The van der Waals surface area contributed by atoms with Crippen molar-refractivity contribution < 1.29 is 0 Å². The zero-order valence-electron chi connectivity index (χ0n) is 11.8. The zero-order valence-corrected chi connectivity index (χ0v) is 11.8. The van der Waals surface area contributed by atoms with Crippen LogP contribution in [-0.2, 0) is 19.4 Å². The average molecular weight is 246 g/mol. The maximum atomic E-state index is 3.24. The smallest absolute Gasteiger partial charge is 0.0234 e. The van der Waals surface area contributed by atoms with Gasteiger partial charge in [-0.15, -0.1) is 0 Å². The Morgan fingerprint density at radius 1 is 1.17 bits per heavy atom. The van der Waals surface area contributed by atoms with E-state index in [9.17, 15) is 0 Å². The Balaban J connectivity index is 1.97. The highest BCUT2D eigenvalue weighted by Gasteiger charge is 2.12. The van der Waals surface area contributed by atoms with Gasteiger partial charge >= 0.3 is 0 Å². The summed E-state index contributed by atoms with van der Waals surface area (Å²) in [5, 5.41) is 3.24. The fraction of sp³-hybridized carbons (Fsp3) is 0.625. The van der Waals surface area contributed by atoms with E-state index in [4.69, 9.17) is 0 Å². The number of nitrogens with one attached hydrogen (secondary N) is 1. The molecule has 0 unspecified atom stereocenters. The molecular formula is C16H26N2. The van der Waals surface area contributed by atoms with E-state index in [1.807, 2.05) is 7.05 Å². The first-order valence-corrected chi connectivity index (χ1v) is 7.31. The first-order chi connectivity index (χ1) is 8.83. The van der Waals surface area contributed by atoms with Crippen LogP contribution in [0.1, 0.15) is 36.5 Å². The highest BCUT2D eigenvalue weighted by molar-refractivity contribution is 5.35. The number of aryl methyl sites for hydroxylation is 2. The van der Waals surface area contributed by atoms with Crippen LogP contribution >= 0.6 is 0 Å². The Morgan fingerprint density at radius 3 is 2.78 bits per heavy atom. The second-order valence-corrected chi connectivity index (χ2v) is 5.34. The van der Waals surface area contributed by atoms with Crippen LogP contribution in [0.4, 0.5) is 0 Å². The molecule has 1 aromatic carbocycles. The molecule has 0 atom stereocenters. The van der Waals surface area contributed by atoms with Gasteiger partial charge in [-0.25, -0.2) is 0 Å². The largest absolute Gasteiger partial charge is 0.318 e. The van der Waals surface area contributed by atoms with Crippen molar-refractivity contribution in [1.82, 2.24) is 10.2 Å². The van der Waals surface area contributed by atoms with Crippen molar-refractivity contribution in [3.63, 3.8) is 0 Å². The van der Waals surface area contributed by atoms with Crippen molar-refractivity contribution in [3.8, 4) is 0 Å². The van der Waals surface area contributed by atoms with Gasteiger partial charge in [0.2, 0.25) is 0 Å². The van der Waals surface area contributed by atoms with Gasteiger partial charge in [0, 0.05) is 19.6 Å². The molecule has 0 saturated heterocycles. The van der Waals surface area contributed by atoms with E-state index in [1.165, 1.54) is 37.8 Å². The summed E-state index contributed by atoms with van der Waals surface area (Å²) in [5.74, 6) is 0. The maximum Gasteiger partial charge on any atom is 0.0234 e. The van der Waals surface area contributed by atoms with Crippen molar-refractivity contribution in [2.75, 3.05) is 26.7 Å². The lowest BCUT2D eigenvalue weighted by Crippen LogP contribution is -2.31. The van der Waals surface area contributed by atoms with Crippen LogP contribution in [0.15, 0.2) is 18.2 Å². The van der Waals surface area contributed by atoms with Gasteiger partial charge < -0.3 is 5.32 Å². The summed E-state index contributed by atoms with van der Waals surface area (Å²) < 4.78 is 0. The molecule has 2 nitrogen and oxygen atoms in total. The summed E-state index contributed by atoms with van der Waals surface area (Å²) >= 11 is 0. The van der Waals surface area contributed by atoms with Crippen molar-refractivity contribution in [1.29, 1.82) is 0 Å². The second kappa shape index (κ2) is 6.91. The minimum Gasteiger partial charge on any atom is -0.318 e. The van der Waals surface area contributed by atoms with Gasteiger partial charge in [0.25, 0.3) is 0 Å². The molecule has 0 bridgehead atoms. The highest BCUT2D eigenvalue weighted by Crippen LogP contribution is 2.23. The van der Waals surface area contributed by atoms with Crippen LogP contribution in [-0.4, -0.2) is 31.6 Å². The molecule has 18 heavy (non-hydrogen) atoms. The molecule has 0 aliphatic heterocycles. The average Bonchev–Trinajstić information content (AvgIpc) is 2.83. The molecule has 1 aromatic rings. The second-order valence-electron chi connectivity index (χ2n) is 5.34. The van der Waals surface area contributed by atoms with Gasteiger partial charge in [-0.05, 0) is 56.0 Å². The topological polar surface area (TPSA) is 15.3 Å². The number of rotatable bonds is 7. The van der Waals surface area contributed by atoms with Crippen molar-refractivity contribution in [2.45, 2.75) is 39.2 Å². The van der Waals surface area contributed by atoms with E-state index in [0.717, 1.165) is 19.6 Å². The molecule has 1 aliphatic rings. The molecule has 0 heterocycles. The van der Waals surface area contributed by atoms with E-state index in [1.54, 1.807) is 11.1 Å². The summed E-state index contributed by atoms with van der Waals surface area (Å²) in [6, 6.07) is 7.11. The summed E-state index contributed by atoms with van der Waals surface area (Å²) in [6.07, 6.45) is 5.15. The van der Waals surface area contributed by atoms with Gasteiger partial charge in [0.15, 0.2) is 0 Å². The van der Waals surface area contributed by atoms with Crippen molar-refractivity contribution in [2.24, 2.45) is 0 Å². The fourth-order valence-corrected chi connectivity index (χ4v) is 2.84. The lowest BCUT2D eigenvalue weighted by molar-refractivity contribution is 0.268. The molecule has 2 heteroatoms. The predicted octanol–water partition coefficient (Wildman–Crippen LogP) is 2.61. The Labute approximate surface area is 111 Å². The summed E-state index contributed by atoms with van der Waals surface area (Å²) in [4.78, 5) is 2.55. The monoisotopic (exact) mass is 246 g/mol. The molecule has 0 saturated carbocycles. The van der Waals surface area contributed by atoms with Crippen LogP contribution in [0, 0.1) is 0 Å². The normalized spacial score (nSPS) is 14.2. The SMILES string of the molecule is CCCN(CCNC)Cc1ccc2c(c1)CCC2. The number of benzene rings is 1. The Bertz CT molecular complexity index is 373. The summed E-state index contributed by atoms with van der Waals surface area (Å²) in [6.45, 7) is 6.77. The number of fused-ring (bicyclic) bond motifs is 1. The molecular weight excluding hydrogens is 220 g/mol. The summed E-state index contributed by atoms with van der Waals surface area (Å²) in [5.41, 5.74) is 4.66. The van der Waals surface area contributed by atoms with E-state index in [-0.39, 0.29) is 0 Å². The molecule has 0 amide bonds. The van der Waals surface area contributed by atoms with Crippen LogP contribution in [0.5, 0.6) is 0 Å². The lowest BCUT2D eigenvalue weighted by atomic mass is 10.1. The Hall–Kier alpha value is -0.860. The molecule has 0 radical (unpaired) electrons. The first kappa shape index (κ1) is 13.6. The number of hydrogen-bond acceptors (Lipinski definition) is 2. The van der Waals surface area contributed by atoms with E-state index in [2.05, 4.69) is 35.3 Å². The molecule has 100 valence electrons. The number of nitrogens with zero attached hydrogens (tertiary/aromatic N) is 1. The third-order valence-electron chi connectivity index (χ3n) is 3.79.